The molecule has 1 atom stereocenters. The van der Waals surface area contributed by atoms with E-state index in [0.29, 0.717) is 17.7 Å². The molecule has 2 amide bonds. The van der Waals surface area contributed by atoms with Gasteiger partial charge in [-0.2, -0.15) is 0 Å². The van der Waals surface area contributed by atoms with Crippen LogP contribution in [0.5, 0.6) is 11.5 Å². The number of hydrogen-bond acceptors (Lipinski definition) is 6. The van der Waals surface area contributed by atoms with Crippen LogP contribution in [0.25, 0.3) is 0 Å². The Bertz CT molecular complexity index is 1400. The minimum Gasteiger partial charge on any atom is -0.497 e. The molecule has 0 radical (unpaired) electrons. The molecule has 0 spiro atoms. The molecule has 0 saturated heterocycles. The second-order valence-corrected chi connectivity index (χ2v) is 10.9. The summed E-state index contributed by atoms with van der Waals surface area (Å²) in [4.78, 5) is 28.2. The summed E-state index contributed by atoms with van der Waals surface area (Å²) in [5.74, 6) is -0.157. The molecule has 0 heterocycles. The van der Waals surface area contributed by atoms with Crippen molar-refractivity contribution in [2.45, 2.75) is 30.8 Å². The van der Waals surface area contributed by atoms with Crippen molar-refractivity contribution in [1.82, 2.24) is 10.2 Å². The van der Waals surface area contributed by atoms with Crippen molar-refractivity contribution in [2.24, 2.45) is 0 Å². The smallest absolute Gasteiger partial charge is 0.264 e. The van der Waals surface area contributed by atoms with Gasteiger partial charge >= 0.3 is 0 Å². The average Bonchev–Trinajstić information content (AvgIpc) is 2.95. The number of halogens is 1. The predicted octanol–water partition coefficient (Wildman–Crippen LogP) is 4.11. The molecule has 0 bridgehead atoms. The predicted molar refractivity (Wildman–Crippen MR) is 151 cm³/mol. The minimum absolute atomic E-state index is 0.0162. The highest BCUT2D eigenvalue weighted by Crippen LogP contribution is 2.35. The molecule has 9 nitrogen and oxygen atoms in total. The van der Waals surface area contributed by atoms with Crippen LogP contribution in [0, 0.1) is 0 Å². The van der Waals surface area contributed by atoms with E-state index in [1.165, 1.54) is 50.4 Å². The highest BCUT2D eigenvalue weighted by Gasteiger charge is 2.34. The van der Waals surface area contributed by atoms with Crippen molar-refractivity contribution >= 4 is 39.1 Å². The van der Waals surface area contributed by atoms with Crippen LogP contribution in [-0.4, -0.2) is 59.0 Å². The number of carbonyl (C=O) groups excluding carboxylic acids is 2. The number of hydrogen-bond donors (Lipinski definition) is 1. The van der Waals surface area contributed by atoms with E-state index in [0.717, 1.165) is 4.31 Å². The standard InChI is InChI=1S/C28H32ClN3O6S/c1-5-24(28(34)30-2)31(18-20-10-9-11-22(16-20)37-3)27(33)19-32(25-17-21(29)14-15-26(25)38-4)39(35,36)23-12-7-6-8-13-23/h6-17,24H,5,18-19H2,1-4H3,(H,30,34). The van der Waals surface area contributed by atoms with Gasteiger partial charge in [-0.3, -0.25) is 13.9 Å². The topological polar surface area (TPSA) is 105 Å². The molecular weight excluding hydrogens is 542 g/mol. The Morgan fingerprint density at radius 3 is 2.31 bits per heavy atom. The summed E-state index contributed by atoms with van der Waals surface area (Å²) in [5, 5.41) is 2.86. The van der Waals surface area contributed by atoms with E-state index in [1.54, 1.807) is 55.5 Å². The summed E-state index contributed by atoms with van der Waals surface area (Å²) >= 11 is 6.25. The van der Waals surface area contributed by atoms with E-state index in [1.807, 2.05) is 0 Å². The van der Waals surface area contributed by atoms with Gasteiger partial charge in [-0.25, -0.2) is 8.42 Å². The van der Waals surface area contributed by atoms with Crippen LogP contribution in [-0.2, 0) is 26.2 Å². The molecule has 11 heteroatoms. The number of sulfonamides is 1. The average molecular weight is 574 g/mol. The van der Waals surface area contributed by atoms with Crippen molar-refractivity contribution < 1.29 is 27.5 Å². The van der Waals surface area contributed by atoms with Gasteiger partial charge in [0.15, 0.2) is 0 Å². The third kappa shape index (κ3) is 7.01. The first kappa shape index (κ1) is 29.8. The van der Waals surface area contributed by atoms with Crippen LogP contribution in [0.2, 0.25) is 5.02 Å². The Kier molecular flexibility index (Phi) is 10.2. The summed E-state index contributed by atoms with van der Waals surface area (Å²) in [6.07, 6.45) is 0.307. The molecule has 1 N–H and O–H groups in total. The van der Waals surface area contributed by atoms with Crippen molar-refractivity contribution in [3.05, 3.63) is 83.4 Å². The Morgan fingerprint density at radius 2 is 1.69 bits per heavy atom. The summed E-state index contributed by atoms with van der Waals surface area (Å²) in [6.45, 7) is 1.23. The fourth-order valence-electron chi connectivity index (χ4n) is 4.14. The van der Waals surface area contributed by atoms with Crippen molar-refractivity contribution in [3.8, 4) is 11.5 Å². The van der Waals surface area contributed by atoms with E-state index >= 15 is 0 Å². The number of ether oxygens (including phenoxy) is 2. The van der Waals surface area contributed by atoms with Gasteiger partial charge in [-0.1, -0.05) is 48.9 Å². The maximum absolute atomic E-state index is 14.0. The van der Waals surface area contributed by atoms with Gasteiger partial charge in [0.25, 0.3) is 10.0 Å². The van der Waals surface area contributed by atoms with Gasteiger partial charge in [-0.05, 0) is 54.4 Å². The molecule has 0 aliphatic rings. The fraction of sp³-hybridized carbons (Fsp3) is 0.286. The molecule has 1 unspecified atom stereocenters. The maximum Gasteiger partial charge on any atom is 0.264 e. The Balaban J connectivity index is 2.12. The maximum atomic E-state index is 14.0. The van der Waals surface area contributed by atoms with Crippen molar-refractivity contribution in [3.63, 3.8) is 0 Å². The van der Waals surface area contributed by atoms with Gasteiger partial charge in [0.05, 0.1) is 24.8 Å². The van der Waals surface area contributed by atoms with E-state index < -0.39 is 28.5 Å². The Labute approximate surface area is 234 Å². The first-order chi connectivity index (χ1) is 18.7. The zero-order valence-corrected chi connectivity index (χ0v) is 23.8. The molecular formula is C28H32ClN3O6S. The van der Waals surface area contributed by atoms with Crippen LogP contribution in [0.4, 0.5) is 5.69 Å². The molecule has 0 aliphatic heterocycles. The second kappa shape index (κ2) is 13.3. The molecule has 0 aromatic heterocycles. The summed E-state index contributed by atoms with van der Waals surface area (Å²) in [7, 11) is 0.173. The summed E-state index contributed by atoms with van der Waals surface area (Å²) in [5.41, 5.74) is 0.805. The van der Waals surface area contributed by atoms with E-state index in [2.05, 4.69) is 5.32 Å². The molecule has 0 aliphatic carbocycles. The van der Waals surface area contributed by atoms with Gasteiger partial charge < -0.3 is 19.7 Å². The minimum atomic E-state index is -4.25. The first-order valence-corrected chi connectivity index (χ1v) is 14.0. The lowest BCUT2D eigenvalue weighted by Gasteiger charge is -2.33. The number of likely N-dealkylation sites (N-methyl/N-ethyl adjacent to an activating group) is 1. The zero-order chi connectivity index (χ0) is 28.6. The molecule has 3 rings (SSSR count). The third-order valence-corrected chi connectivity index (χ3v) is 8.15. The summed E-state index contributed by atoms with van der Waals surface area (Å²) < 4.78 is 39.5. The zero-order valence-electron chi connectivity index (χ0n) is 22.3. The lowest BCUT2D eigenvalue weighted by molar-refractivity contribution is -0.140. The van der Waals surface area contributed by atoms with Crippen LogP contribution < -0.4 is 19.1 Å². The van der Waals surface area contributed by atoms with Crippen LogP contribution in [0.3, 0.4) is 0 Å². The lowest BCUT2D eigenvalue weighted by Crippen LogP contribution is -2.51. The fourth-order valence-corrected chi connectivity index (χ4v) is 5.75. The highest BCUT2D eigenvalue weighted by molar-refractivity contribution is 7.92. The van der Waals surface area contributed by atoms with Crippen LogP contribution in [0.1, 0.15) is 18.9 Å². The molecule has 3 aromatic rings. The summed E-state index contributed by atoms with van der Waals surface area (Å²) in [6, 6.07) is 18.5. The number of nitrogens with zero attached hydrogens (tertiary/aromatic N) is 2. The highest BCUT2D eigenvalue weighted by atomic mass is 35.5. The second-order valence-electron chi connectivity index (χ2n) is 8.55. The Morgan fingerprint density at radius 1 is 0.974 bits per heavy atom. The van der Waals surface area contributed by atoms with Gasteiger partial charge in [-0.15, -0.1) is 0 Å². The molecule has 39 heavy (non-hydrogen) atoms. The largest absolute Gasteiger partial charge is 0.497 e. The number of amides is 2. The number of anilines is 1. The Hall–Kier alpha value is -3.76. The van der Waals surface area contributed by atoms with Gasteiger partial charge in [0.1, 0.15) is 24.1 Å². The van der Waals surface area contributed by atoms with Gasteiger partial charge in [0, 0.05) is 18.6 Å². The molecule has 0 fully saturated rings. The number of rotatable bonds is 12. The third-order valence-electron chi connectivity index (χ3n) is 6.14. The van der Waals surface area contributed by atoms with Crippen LogP contribution >= 0.6 is 11.6 Å². The molecule has 208 valence electrons. The number of benzene rings is 3. The number of methoxy groups -OCH3 is 2. The normalized spacial score (nSPS) is 11.8. The van der Waals surface area contributed by atoms with Crippen LogP contribution in [0.15, 0.2) is 77.7 Å². The number of nitrogens with one attached hydrogen (secondary N) is 1. The SMILES string of the molecule is CCC(C(=O)NC)N(Cc1cccc(OC)c1)C(=O)CN(c1cc(Cl)ccc1OC)S(=O)(=O)c1ccccc1. The monoisotopic (exact) mass is 573 g/mol. The van der Waals surface area contributed by atoms with E-state index in [9.17, 15) is 18.0 Å². The van der Waals surface area contributed by atoms with E-state index in [-0.39, 0.29) is 33.8 Å². The quantitative estimate of drug-likeness (QED) is 0.350. The van der Waals surface area contributed by atoms with E-state index in [4.69, 9.17) is 21.1 Å². The molecule has 0 saturated carbocycles. The molecule has 3 aromatic carbocycles. The van der Waals surface area contributed by atoms with Crippen molar-refractivity contribution in [1.29, 1.82) is 0 Å². The number of carbonyl (C=O) groups is 2. The lowest BCUT2D eigenvalue weighted by atomic mass is 10.1. The van der Waals surface area contributed by atoms with Crippen molar-refractivity contribution in [2.75, 3.05) is 32.1 Å². The first-order valence-electron chi connectivity index (χ1n) is 12.2. The van der Waals surface area contributed by atoms with Gasteiger partial charge in [0.2, 0.25) is 11.8 Å².